The monoisotopic (exact) mass is 387 g/mol. The van der Waals surface area contributed by atoms with Gasteiger partial charge >= 0.3 is 5.97 Å². The number of nitrogens with zero attached hydrogens (tertiary/aromatic N) is 2. The minimum Gasteiger partial charge on any atom is -0.477 e. The zero-order valence-corrected chi connectivity index (χ0v) is 15.6. The van der Waals surface area contributed by atoms with E-state index in [0.717, 1.165) is 22.5 Å². The third-order valence-electron chi connectivity index (χ3n) is 3.95. The fourth-order valence-corrected chi connectivity index (χ4v) is 3.80. The lowest BCUT2D eigenvalue weighted by atomic mass is 10.1. The molecule has 3 N–H and O–H groups in total. The van der Waals surface area contributed by atoms with Crippen LogP contribution in [0.4, 0.5) is 10.1 Å². The number of fused-ring (bicyclic) bond motifs is 1. The van der Waals surface area contributed by atoms with Gasteiger partial charge in [-0.1, -0.05) is 0 Å². The van der Waals surface area contributed by atoms with Gasteiger partial charge in [-0.05, 0) is 49.7 Å². The van der Waals surface area contributed by atoms with E-state index >= 15 is 0 Å². The minimum atomic E-state index is -1.06. The van der Waals surface area contributed by atoms with Crippen LogP contribution in [0, 0.1) is 12.7 Å². The van der Waals surface area contributed by atoms with E-state index in [0.29, 0.717) is 27.4 Å². The average Bonchev–Trinajstić information content (AvgIpc) is 2.99. The number of anilines is 1. The maximum Gasteiger partial charge on any atom is 0.348 e. The fraction of sp³-hybridized carbons (Fsp3) is 0.211. The van der Waals surface area contributed by atoms with E-state index < -0.39 is 5.97 Å². The Labute approximate surface area is 159 Å². The fourth-order valence-electron chi connectivity index (χ4n) is 2.76. The van der Waals surface area contributed by atoms with Crippen molar-refractivity contribution < 1.29 is 19.4 Å². The molecular weight excluding hydrogens is 369 g/mol. The summed E-state index contributed by atoms with van der Waals surface area (Å²) in [4.78, 5) is 21.1. The summed E-state index contributed by atoms with van der Waals surface area (Å²) in [5.41, 5.74) is 2.69. The first-order valence-corrected chi connectivity index (χ1v) is 9.04. The van der Waals surface area contributed by atoms with Crippen LogP contribution < -0.4 is 5.32 Å². The summed E-state index contributed by atoms with van der Waals surface area (Å²) in [6.07, 6.45) is 0. The Morgan fingerprint density at radius 2 is 2.04 bits per heavy atom. The molecule has 2 aromatic heterocycles. The molecule has 0 atom stereocenters. The Balaban J connectivity index is 2.14. The van der Waals surface area contributed by atoms with Crippen molar-refractivity contribution in [1.82, 2.24) is 4.98 Å². The van der Waals surface area contributed by atoms with Crippen molar-refractivity contribution in [3.8, 4) is 11.3 Å². The molecule has 0 radical (unpaired) electrons. The molecule has 140 valence electrons. The number of rotatable bonds is 5. The van der Waals surface area contributed by atoms with Gasteiger partial charge in [-0.2, -0.15) is 0 Å². The van der Waals surface area contributed by atoms with Crippen molar-refractivity contribution in [3.05, 3.63) is 46.6 Å². The van der Waals surface area contributed by atoms with Crippen molar-refractivity contribution >= 4 is 39.0 Å². The van der Waals surface area contributed by atoms with Crippen LogP contribution in [0.3, 0.4) is 0 Å². The molecule has 0 aliphatic heterocycles. The third kappa shape index (κ3) is 3.96. The number of nitrogens with one attached hydrogen (secondary N) is 1. The summed E-state index contributed by atoms with van der Waals surface area (Å²) in [5, 5.41) is 22.2. The van der Waals surface area contributed by atoms with E-state index in [1.165, 1.54) is 12.1 Å². The molecule has 3 rings (SSSR count). The topological polar surface area (TPSA) is 94.8 Å². The standard InChI is InChI=1S/C19H18FN3O3S/c1-10-9-14(12-3-5-13(20)6-4-12)23-18-15(10)16(17(27-18)19(25)26)22-11(2)21-7-8-24/h3-6,9,24H,7-8H2,1-2H3,(H,21,22)(H,25,26). The zero-order chi connectivity index (χ0) is 19.6. The molecule has 8 heteroatoms. The van der Waals surface area contributed by atoms with Gasteiger partial charge in [0.2, 0.25) is 0 Å². The molecule has 27 heavy (non-hydrogen) atoms. The van der Waals surface area contributed by atoms with Gasteiger partial charge in [0.05, 0.1) is 30.4 Å². The van der Waals surface area contributed by atoms with Gasteiger partial charge in [0.15, 0.2) is 0 Å². The van der Waals surface area contributed by atoms with Crippen LogP contribution in [0.25, 0.3) is 21.5 Å². The number of benzene rings is 1. The summed E-state index contributed by atoms with van der Waals surface area (Å²) < 4.78 is 13.2. The summed E-state index contributed by atoms with van der Waals surface area (Å²) in [7, 11) is 0. The largest absolute Gasteiger partial charge is 0.477 e. The number of hydrogen-bond acceptors (Lipinski definition) is 5. The number of carbonyl (C=O) groups is 1. The highest BCUT2D eigenvalue weighted by Crippen LogP contribution is 2.38. The third-order valence-corrected chi connectivity index (χ3v) is 5.02. The van der Waals surface area contributed by atoms with E-state index in [1.807, 2.05) is 13.0 Å². The first kappa shape index (κ1) is 18.9. The van der Waals surface area contributed by atoms with E-state index in [4.69, 9.17) is 5.11 Å². The highest BCUT2D eigenvalue weighted by molar-refractivity contribution is 7.21. The maximum atomic E-state index is 13.2. The van der Waals surface area contributed by atoms with Crippen LogP contribution in [0.1, 0.15) is 22.2 Å². The van der Waals surface area contributed by atoms with Gasteiger partial charge in [-0.3, -0.25) is 4.99 Å². The molecule has 0 bridgehead atoms. The highest BCUT2D eigenvalue weighted by atomic mass is 32.1. The molecule has 0 saturated carbocycles. The van der Waals surface area contributed by atoms with Gasteiger partial charge in [-0.15, -0.1) is 11.3 Å². The number of carboxylic acid groups (broad SMARTS) is 1. The number of aromatic nitrogens is 1. The normalized spacial score (nSPS) is 11.8. The number of thiophene rings is 1. The van der Waals surface area contributed by atoms with E-state index in [2.05, 4.69) is 15.3 Å². The molecule has 0 unspecified atom stereocenters. The van der Waals surface area contributed by atoms with Crippen LogP contribution in [-0.4, -0.2) is 40.2 Å². The lowest BCUT2D eigenvalue weighted by Crippen LogP contribution is -2.11. The van der Waals surface area contributed by atoms with Crippen molar-refractivity contribution in [2.75, 3.05) is 18.5 Å². The zero-order valence-electron chi connectivity index (χ0n) is 14.8. The lowest BCUT2D eigenvalue weighted by molar-refractivity contribution is 0.0703. The second-order valence-corrected chi connectivity index (χ2v) is 6.94. The van der Waals surface area contributed by atoms with Crippen molar-refractivity contribution in [2.24, 2.45) is 4.99 Å². The second kappa shape index (κ2) is 7.81. The van der Waals surface area contributed by atoms with Gasteiger partial charge < -0.3 is 15.5 Å². The Morgan fingerprint density at radius 3 is 2.67 bits per heavy atom. The summed E-state index contributed by atoms with van der Waals surface area (Å²) in [6.45, 7) is 3.73. The molecular formula is C19H18FN3O3S. The smallest absolute Gasteiger partial charge is 0.348 e. The second-order valence-electron chi connectivity index (χ2n) is 5.94. The predicted octanol–water partition coefficient (Wildman–Crippen LogP) is 3.93. The molecule has 0 saturated heterocycles. The Morgan fingerprint density at radius 1 is 1.33 bits per heavy atom. The van der Waals surface area contributed by atoms with E-state index in [1.54, 1.807) is 19.1 Å². The Kier molecular flexibility index (Phi) is 5.48. The number of halogens is 1. The van der Waals surface area contributed by atoms with Crippen LogP contribution >= 0.6 is 11.3 Å². The number of carboxylic acids is 1. The molecule has 0 spiro atoms. The summed E-state index contributed by atoms with van der Waals surface area (Å²) in [6, 6.07) is 7.85. The predicted molar refractivity (Wildman–Crippen MR) is 105 cm³/mol. The Hall–Kier alpha value is -2.84. The molecule has 0 aliphatic rings. The SMILES string of the molecule is CC(=NCCO)Nc1c(C(=O)O)sc2nc(-c3ccc(F)cc3)cc(C)c12. The first-order valence-electron chi connectivity index (χ1n) is 8.23. The number of hydrogen-bond donors (Lipinski definition) is 3. The number of aromatic carboxylic acids is 1. The number of aliphatic hydroxyl groups is 1. The van der Waals surface area contributed by atoms with Crippen LogP contribution in [-0.2, 0) is 0 Å². The molecule has 1 aromatic carbocycles. The van der Waals surface area contributed by atoms with Gasteiger partial charge in [0.1, 0.15) is 15.5 Å². The highest BCUT2D eigenvalue weighted by Gasteiger charge is 2.21. The van der Waals surface area contributed by atoms with E-state index in [9.17, 15) is 14.3 Å². The number of aryl methyl sites for hydroxylation is 1. The quantitative estimate of drug-likeness (QED) is 0.455. The van der Waals surface area contributed by atoms with Crippen LogP contribution in [0.5, 0.6) is 0 Å². The lowest BCUT2D eigenvalue weighted by Gasteiger charge is -2.09. The van der Waals surface area contributed by atoms with Crippen molar-refractivity contribution in [2.45, 2.75) is 13.8 Å². The van der Waals surface area contributed by atoms with E-state index in [-0.39, 0.29) is 23.8 Å². The summed E-state index contributed by atoms with van der Waals surface area (Å²) in [5.74, 6) is -0.878. The number of amidine groups is 1. The van der Waals surface area contributed by atoms with Gasteiger partial charge in [-0.25, -0.2) is 14.2 Å². The van der Waals surface area contributed by atoms with Crippen LogP contribution in [0.2, 0.25) is 0 Å². The number of aliphatic imine (C=N–C) groups is 1. The molecule has 0 aliphatic carbocycles. The van der Waals surface area contributed by atoms with Gasteiger partial charge in [0.25, 0.3) is 0 Å². The van der Waals surface area contributed by atoms with Crippen molar-refractivity contribution in [1.29, 1.82) is 0 Å². The molecule has 3 aromatic rings. The van der Waals surface area contributed by atoms with Crippen LogP contribution in [0.15, 0.2) is 35.3 Å². The minimum absolute atomic E-state index is 0.0865. The number of pyridine rings is 1. The first-order chi connectivity index (χ1) is 12.9. The summed E-state index contributed by atoms with van der Waals surface area (Å²) >= 11 is 1.07. The maximum absolute atomic E-state index is 13.2. The molecule has 0 amide bonds. The molecule has 6 nitrogen and oxygen atoms in total. The molecule has 2 heterocycles. The Bertz CT molecular complexity index is 1030. The van der Waals surface area contributed by atoms with Gasteiger partial charge in [0, 0.05) is 10.9 Å². The average molecular weight is 387 g/mol. The molecule has 0 fully saturated rings. The van der Waals surface area contributed by atoms with Crippen molar-refractivity contribution in [3.63, 3.8) is 0 Å². The number of aliphatic hydroxyl groups excluding tert-OH is 1.